The van der Waals surface area contributed by atoms with Crippen molar-refractivity contribution in [3.63, 3.8) is 0 Å². The van der Waals surface area contributed by atoms with Crippen molar-refractivity contribution in [2.75, 3.05) is 0 Å². The molecule has 0 bridgehead atoms. The van der Waals surface area contributed by atoms with Crippen LogP contribution < -0.4 is 5.56 Å². The third kappa shape index (κ3) is 3.39. The maximum absolute atomic E-state index is 14.1. The van der Waals surface area contributed by atoms with Crippen LogP contribution in [0.2, 0.25) is 0 Å². The van der Waals surface area contributed by atoms with Crippen molar-refractivity contribution in [3.8, 4) is 0 Å². The summed E-state index contributed by atoms with van der Waals surface area (Å²) in [6.07, 6.45) is -4.80. The van der Waals surface area contributed by atoms with E-state index in [-0.39, 0.29) is 28.2 Å². The zero-order valence-corrected chi connectivity index (χ0v) is 15.3. The van der Waals surface area contributed by atoms with Gasteiger partial charge in [0.1, 0.15) is 22.7 Å². The lowest BCUT2D eigenvalue weighted by atomic mass is 9.95. The molecule has 3 rings (SSSR count). The number of rotatable bonds is 4. The maximum Gasteiger partial charge on any atom is 0.419 e. The van der Waals surface area contributed by atoms with Gasteiger partial charge in [0.05, 0.1) is 18.2 Å². The van der Waals surface area contributed by atoms with Crippen molar-refractivity contribution < 1.29 is 22.7 Å². The second-order valence-corrected chi connectivity index (χ2v) is 6.83. The third-order valence-corrected chi connectivity index (χ3v) is 4.44. The highest BCUT2D eigenvalue weighted by atomic mass is 19.4. The summed E-state index contributed by atoms with van der Waals surface area (Å²) in [7, 11) is 0. The van der Waals surface area contributed by atoms with Crippen LogP contribution >= 0.6 is 0 Å². The van der Waals surface area contributed by atoms with Crippen LogP contribution in [-0.2, 0) is 12.8 Å². The Bertz CT molecular complexity index is 1090. The van der Waals surface area contributed by atoms with Crippen LogP contribution in [0.4, 0.5) is 17.6 Å². The molecule has 28 heavy (non-hydrogen) atoms. The molecule has 2 N–H and O–H groups in total. The Kier molecular flexibility index (Phi) is 5.00. The number of aliphatic hydroxyl groups is 1. The number of nitrogens with zero attached hydrogens (tertiary/aromatic N) is 3. The lowest BCUT2D eigenvalue weighted by Crippen LogP contribution is -2.20. The van der Waals surface area contributed by atoms with Gasteiger partial charge in [0.15, 0.2) is 5.65 Å². The molecule has 0 fully saturated rings. The molecule has 1 unspecified atom stereocenters. The number of alkyl halides is 3. The standard InChI is InChI=1S/C18H18F4N4O2/c1-8(2)15(10-4-5-11(12(19)6-10)18(20,21)22)26-16-14(13(7-27)25-26)17(28)24-9(3)23-16/h4-6,8,15,27H,7H2,1-3H3,(H,23,24,28). The number of nitrogens with one attached hydrogen (secondary N) is 1. The fourth-order valence-electron chi connectivity index (χ4n) is 3.28. The molecule has 0 saturated heterocycles. The van der Waals surface area contributed by atoms with Crippen molar-refractivity contribution in [1.82, 2.24) is 19.7 Å². The van der Waals surface area contributed by atoms with Crippen LogP contribution in [0.25, 0.3) is 11.0 Å². The average molecular weight is 398 g/mol. The number of hydrogen-bond donors (Lipinski definition) is 2. The molecule has 3 aromatic rings. The number of aryl methyl sites for hydroxylation is 1. The fourth-order valence-corrected chi connectivity index (χ4v) is 3.28. The highest BCUT2D eigenvalue weighted by Crippen LogP contribution is 2.35. The summed E-state index contributed by atoms with van der Waals surface area (Å²) in [5.74, 6) is -1.31. The van der Waals surface area contributed by atoms with Crippen molar-refractivity contribution >= 4 is 11.0 Å². The lowest BCUT2D eigenvalue weighted by Gasteiger charge is -2.23. The van der Waals surface area contributed by atoms with Crippen LogP contribution in [0.5, 0.6) is 0 Å². The molecule has 2 heterocycles. The first-order valence-electron chi connectivity index (χ1n) is 8.50. The molecule has 1 aromatic carbocycles. The average Bonchev–Trinajstić information content (AvgIpc) is 2.92. The topological polar surface area (TPSA) is 83.8 Å². The summed E-state index contributed by atoms with van der Waals surface area (Å²) in [4.78, 5) is 19.1. The molecule has 0 aliphatic carbocycles. The van der Waals surface area contributed by atoms with Crippen LogP contribution in [0, 0.1) is 18.7 Å². The molecule has 1 atom stereocenters. The van der Waals surface area contributed by atoms with Gasteiger partial charge in [-0.05, 0) is 30.5 Å². The minimum Gasteiger partial charge on any atom is -0.390 e. The number of hydrogen-bond acceptors (Lipinski definition) is 4. The number of benzene rings is 1. The zero-order valence-electron chi connectivity index (χ0n) is 15.3. The van der Waals surface area contributed by atoms with Crippen molar-refractivity contribution in [3.05, 3.63) is 57.0 Å². The molecular weight excluding hydrogens is 380 g/mol. The molecule has 0 aliphatic rings. The van der Waals surface area contributed by atoms with E-state index >= 15 is 0 Å². The number of aromatic amines is 1. The molecule has 0 aliphatic heterocycles. The Labute approximate surface area is 156 Å². The molecule has 0 amide bonds. The van der Waals surface area contributed by atoms with E-state index in [9.17, 15) is 27.5 Å². The summed E-state index contributed by atoms with van der Waals surface area (Å²) in [5, 5.41) is 13.9. The first kappa shape index (κ1) is 20.0. The molecule has 6 nitrogen and oxygen atoms in total. The number of aliphatic hydroxyl groups excluding tert-OH is 1. The predicted octanol–water partition coefficient (Wildman–Crippen LogP) is 3.32. The molecular formula is C18H18F4N4O2. The molecule has 0 radical (unpaired) electrons. The van der Waals surface area contributed by atoms with E-state index in [0.29, 0.717) is 11.9 Å². The van der Waals surface area contributed by atoms with E-state index in [1.54, 1.807) is 20.8 Å². The van der Waals surface area contributed by atoms with Crippen LogP contribution in [-0.4, -0.2) is 24.9 Å². The molecule has 0 spiro atoms. The monoisotopic (exact) mass is 398 g/mol. The van der Waals surface area contributed by atoms with Gasteiger partial charge in [-0.15, -0.1) is 0 Å². The maximum atomic E-state index is 14.1. The Morgan fingerprint density at radius 2 is 1.96 bits per heavy atom. The Morgan fingerprint density at radius 1 is 1.29 bits per heavy atom. The van der Waals surface area contributed by atoms with Gasteiger partial charge in [-0.25, -0.2) is 14.1 Å². The zero-order chi connectivity index (χ0) is 20.8. The summed E-state index contributed by atoms with van der Waals surface area (Å²) in [5.41, 5.74) is -1.34. The molecule has 0 saturated carbocycles. The second-order valence-electron chi connectivity index (χ2n) is 6.83. The summed E-state index contributed by atoms with van der Waals surface area (Å²) in [6, 6.07) is 1.99. The van der Waals surface area contributed by atoms with E-state index in [4.69, 9.17) is 0 Å². The Morgan fingerprint density at radius 3 is 2.50 bits per heavy atom. The van der Waals surface area contributed by atoms with Crippen molar-refractivity contribution in [1.29, 1.82) is 0 Å². The van der Waals surface area contributed by atoms with Gasteiger partial charge in [-0.1, -0.05) is 19.9 Å². The van der Waals surface area contributed by atoms with Gasteiger partial charge < -0.3 is 10.1 Å². The van der Waals surface area contributed by atoms with E-state index < -0.39 is 35.8 Å². The molecule has 10 heteroatoms. The van der Waals surface area contributed by atoms with Gasteiger partial charge in [0, 0.05) is 0 Å². The van der Waals surface area contributed by atoms with Gasteiger partial charge in [0.25, 0.3) is 5.56 Å². The smallest absolute Gasteiger partial charge is 0.390 e. The summed E-state index contributed by atoms with van der Waals surface area (Å²) < 4.78 is 54.1. The predicted molar refractivity (Wildman–Crippen MR) is 93.2 cm³/mol. The molecule has 2 aromatic heterocycles. The summed E-state index contributed by atoms with van der Waals surface area (Å²) in [6.45, 7) is 4.61. The van der Waals surface area contributed by atoms with Gasteiger partial charge in [0.2, 0.25) is 0 Å². The lowest BCUT2D eigenvalue weighted by molar-refractivity contribution is -0.140. The van der Waals surface area contributed by atoms with E-state index in [0.717, 1.165) is 6.07 Å². The van der Waals surface area contributed by atoms with Gasteiger partial charge in [-0.3, -0.25) is 4.79 Å². The fraction of sp³-hybridized carbons (Fsp3) is 0.389. The van der Waals surface area contributed by atoms with Crippen molar-refractivity contribution in [2.45, 2.75) is 39.6 Å². The summed E-state index contributed by atoms with van der Waals surface area (Å²) >= 11 is 0. The normalized spacial score (nSPS) is 13.5. The van der Waals surface area contributed by atoms with Crippen LogP contribution in [0.3, 0.4) is 0 Å². The highest BCUT2D eigenvalue weighted by molar-refractivity contribution is 5.77. The van der Waals surface area contributed by atoms with Crippen LogP contribution in [0.1, 0.15) is 42.5 Å². The number of halogens is 4. The Hall–Kier alpha value is -2.75. The SMILES string of the molecule is Cc1nc2c(c(CO)nn2C(c2ccc(C(F)(F)F)c(F)c2)C(C)C)c(=O)[nH]1. The Balaban J connectivity index is 2.25. The van der Waals surface area contributed by atoms with Gasteiger partial charge in [-0.2, -0.15) is 18.3 Å². The second kappa shape index (κ2) is 7.01. The third-order valence-electron chi connectivity index (χ3n) is 4.44. The quantitative estimate of drug-likeness (QED) is 0.661. The van der Waals surface area contributed by atoms with E-state index in [1.807, 2.05) is 0 Å². The number of aromatic nitrogens is 4. The minimum absolute atomic E-state index is 0.0850. The number of fused-ring (bicyclic) bond motifs is 1. The van der Waals surface area contributed by atoms with Crippen molar-refractivity contribution in [2.24, 2.45) is 5.92 Å². The molecule has 150 valence electrons. The van der Waals surface area contributed by atoms with E-state index in [1.165, 1.54) is 10.7 Å². The minimum atomic E-state index is -4.80. The van der Waals surface area contributed by atoms with Gasteiger partial charge >= 0.3 is 6.18 Å². The largest absolute Gasteiger partial charge is 0.419 e. The first-order chi connectivity index (χ1) is 13.0. The highest BCUT2D eigenvalue weighted by Gasteiger charge is 2.35. The number of H-pyrrole nitrogens is 1. The van der Waals surface area contributed by atoms with Crippen LogP contribution in [0.15, 0.2) is 23.0 Å². The van der Waals surface area contributed by atoms with E-state index in [2.05, 4.69) is 15.1 Å². The first-order valence-corrected chi connectivity index (χ1v) is 8.50.